The minimum Gasteiger partial charge on any atom is -0.0622 e. The normalized spacial score (nSPS) is 71.5. The van der Waals surface area contributed by atoms with Gasteiger partial charge in [-0.3, -0.25) is 0 Å². The van der Waals surface area contributed by atoms with Gasteiger partial charge in [-0.15, -0.1) is 0 Å². The van der Waals surface area contributed by atoms with Crippen LogP contribution in [0.2, 0.25) is 0 Å². The van der Waals surface area contributed by atoms with Crippen LogP contribution in [0.3, 0.4) is 0 Å². The van der Waals surface area contributed by atoms with Crippen molar-refractivity contribution in [2.24, 2.45) is 34.0 Å². The second-order valence-corrected chi connectivity index (χ2v) is 6.06. The summed E-state index contributed by atoms with van der Waals surface area (Å²) in [6.45, 7) is 12.4. The molecule has 2 bridgehead atoms. The van der Waals surface area contributed by atoms with Crippen LogP contribution < -0.4 is 0 Å². The molecule has 5 unspecified atom stereocenters. The van der Waals surface area contributed by atoms with Gasteiger partial charge in [0.2, 0.25) is 0 Å². The largest absolute Gasteiger partial charge is 0.0622 e. The monoisotopic (exact) mass is 164 g/mol. The van der Waals surface area contributed by atoms with E-state index in [0.717, 1.165) is 34.0 Å². The van der Waals surface area contributed by atoms with Crippen LogP contribution in [0, 0.1) is 34.0 Å². The van der Waals surface area contributed by atoms with Crippen LogP contribution in [0.5, 0.6) is 0 Å². The molecule has 0 saturated heterocycles. The topological polar surface area (TPSA) is 0 Å². The minimum absolute atomic E-state index is 0.756. The van der Waals surface area contributed by atoms with Crippen molar-refractivity contribution in [2.75, 3.05) is 0 Å². The number of hydrogen-bond acceptors (Lipinski definition) is 0. The van der Waals surface area contributed by atoms with Crippen molar-refractivity contribution in [1.29, 1.82) is 0 Å². The van der Waals surface area contributed by atoms with Crippen molar-refractivity contribution in [2.45, 2.75) is 41.0 Å². The van der Waals surface area contributed by atoms with Gasteiger partial charge in [-0.2, -0.15) is 0 Å². The molecular weight excluding hydrogens is 144 g/mol. The molecule has 0 aromatic rings. The molecule has 4 aliphatic rings. The Labute approximate surface area is 75.7 Å². The van der Waals surface area contributed by atoms with Gasteiger partial charge in [-0.25, -0.2) is 0 Å². The molecule has 1 spiro atoms. The quantitative estimate of drug-likeness (QED) is 0.557. The molecule has 0 N–H and O–H groups in total. The van der Waals surface area contributed by atoms with Gasteiger partial charge in [0.05, 0.1) is 0 Å². The Bertz CT molecular complexity index is 267. The Morgan fingerprint density at radius 2 is 1.75 bits per heavy atom. The van der Waals surface area contributed by atoms with E-state index in [9.17, 15) is 0 Å². The van der Waals surface area contributed by atoms with Crippen LogP contribution in [-0.2, 0) is 0 Å². The summed E-state index contributed by atoms with van der Waals surface area (Å²) in [7, 11) is 0. The molecule has 4 rings (SSSR count). The highest BCUT2D eigenvalue weighted by molar-refractivity contribution is 5.47. The van der Waals surface area contributed by atoms with Crippen LogP contribution >= 0.6 is 0 Å². The highest BCUT2D eigenvalue weighted by Crippen LogP contribution is 3.05. The molecule has 0 aromatic carbocycles. The van der Waals surface area contributed by atoms with Gasteiger partial charge in [0, 0.05) is 0 Å². The average molecular weight is 164 g/mol. The second-order valence-electron chi connectivity index (χ2n) is 6.06. The predicted molar refractivity (Wildman–Crippen MR) is 50.8 cm³/mol. The smallest absolute Gasteiger partial charge is 0.0167 e. The van der Waals surface area contributed by atoms with Gasteiger partial charge in [0.1, 0.15) is 0 Å². The van der Waals surface area contributed by atoms with Crippen molar-refractivity contribution in [3.05, 3.63) is 0 Å². The van der Waals surface area contributed by atoms with E-state index in [1.165, 1.54) is 0 Å². The molecule has 68 valence electrons. The van der Waals surface area contributed by atoms with Gasteiger partial charge >= 0.3 is 0 Å². The van der Waals surface area contributed by atoms with E-state index in [4.69, 9.17) is 0 Å². The summed E-state index contributed by atoms with van der Waals surface area (Å²) in [6.07, 6.45) is 1.55. The molecule has 0 aliphatic heterocycles. The summed E-state index contributed by atoms with van der Waals surface area (Å²) in [5, 5.41) is 0. The first kappa shape index (κ1) is 7.41. The molecule has 0 heterocycles. The Morgan fingerprint density at radius 3 is 1.92 bits per heavy atom. The van der Waals surface area contributed by atoms with Crippen LogP contribution in [0.15, 0.2) is 0 Å². The molecular formula is C12H20. The predicted octanol–water partition coefficient (Wildman–Crippen LogP) is 3.32. The third-order valence-electron chi connectivity index (χ3n) is 6.65. The van der Waals surface area contributed by atoms with Crippen molar-refractivity contribution in [3.63, 3.8) is 0 Å². The molecule has 5 atom stereocenters. The van der Waals surface area contributed by atoms with E-state index in [1.54, 1.807) is 6.42 Å². The molecule has 4 fully saturated rings. The maximum Gasteiger partial charge on any atom is -0.0167 e. The fourth-order valence-electron chi connectivity index (χ4n) is 5.83. The van der Waals surface area contributed by atoms with Crippen molar-refractivity contribution >= 4 is 0 Å². The number of rotatable bonds is 1. The summed E-state index contributed by atoms with van der Waals surface area (Å²) >= 11 is 0. The zero-order valence-corrected chi connectivity index (χ0v) is 8.94. The lowest BCUT2D eigenvalue weighted by atomic mass is 9.30. The molecule has 0 aromatic heterocycles. The second kappa shape index (κ2) is 1.40. The summed E-state index contributed by atoms with van der Waals surface area (Å²) in [5.41, 5.74) is 2.36. The van der Waals surface area contributed by atoms with E-state index in [-0.39, 0.29) is 0 Å². The third kappa shape index (κ3) is 0.300. The van der Waals surface area contributed by atoms with Crippen molar-refractivity contribution in [1.82, 2.24) is 0 Å². The number of hydrogen-bond donors (Lipinski definition) is 0. The zero-order valence-electron chi connectivity index (χ0n) is 8.94. The lowest BCUT2D eigenvalue weighted by Gasteiger charge is -2.74. The van der Waals surface area contributed by atoms with E-state index in [0.29, 0.717) is 0 Å². The summed E-state index contributed by atoms with van der Waals surface area (Å²) in [6, 6.07) is 0. The van der Waals surface area contributed by atoms with Crippen molar-refractivity contribution < 1.29 is 0 Å². The maximum absolute atomic E-state index is 2.54. The lowest BCUT2D eigenvalue weighted by molar-refractivity contribution is -0.270. The first-order valence-electron chi connectivity index (χ1n) is 5.46. The third-order valence-corrected chi connectivity index (χ3v) is 6.65. The van der Waals surface area contributed by atoms with Crippen LogP contribution in [0.4, 0.5) is 0 Å². The average Bonchev–Trinajstić information content (AvgIpc) is 2.30. The Kier molecular flexibility index (Phi) is 0.866. The maximum atomic E-state index is 2.54. The molecule has 12 heavy (non-hydrogen) atoms. The fraction of sp³-hybridized carbons (Fsp3) is 1.00. The van der Waals surface area contributed by atoms with Crippen LogP contribution in [-0.4, -0.2) is 0 Å². The van der Waals surface area contributed by atoms with E-state index >= 15 is 0 Å². The van der Waals surface area contributed by atoms with Crippen LogP contribution in [0.25, 0.3) is 0 Å². The van der Waals surface area contributed by atoms with Gasteiger partial charge in [-0.1, -0.05) is 34.6 Å². The molecule has 0 radical (unpaired) electrons. The highest BCUT2D eigenvalue weighted by Gasteiger charge is 3.00. The molecule has 4 aliphatic carbocycles. The molecule has 0 amide bonds. The SMILES string of the molecule is CC(C)C12CC3(C1C)C(C)C23C. The van der Waals surface area contributed by atoms with Gasteiger partial charge in [-0.05, 0) is 40.4 Å². The Morgan fingerprint density at radius 1 is 1.17 bits per heavy atom. The fourth-order valence-corrected chi connectivity index (χ4v) is 5.83. The van der Waals surface area contributed by atoms with E-state index < -0.39 is 0 Å². The van der Waals surface area contributed by atoms with E-state index in [2.05, 4.69) is 34.6 Å². The van der Waals surface area contributed by atoms with E-state index in [1.807, 2.05) is 0 Å². The summed E-state index contributed by atoms with van der Waals surface area (Å²) in [5.74, 6) is 2.97. The zero-order chi connectivity index (χ0) is 8.94. The first-order valence-corrected chi connectivity index (χ1v) is 5.46. The Hall–Kier alpha value is 0. The summed E-state index contributed by atoms with van der Waals surface area (Å²) < 4.78 is 0. The summed E-state index contributed by atoms with van der Waals surface area (Å²) in [4.78, 5) is 0. The first-order chi connectivity index (χ1) is 5.46. The Balaban J connectivity index is 2.04. The van der Waals surface area contributed by atoms with Gasteiger partial charge in [0.15, 0.2) is 0 Å². The van der Waals surface area contributed by atoms with Gasteiger partial charge in [0.25, 0.3) is 0 Å². The highest BCUT2D eigenvalue weighted by atomic mass is 15.0. The lowest BCUT2D eigenvalue weighted by Crippen LogP contribution is -2.69. The molecule has 0 nitrogen and oxygen atoms in total. The van der Waals surface area contributed by atoms with Crippen molar-refractivity contribution in [3.8, 4) is 0 Å². The van der Waals surface area contributed by atoms with Crippen LogP contribution in [0.1, 0.15) is 41.0 Å². The molecule has 0 heteroatoms. The minimum atomic E-state index is 0.756. The van der Waals surface area contributed by atoms with Gasteiger partial charge < -0.3 is 0 Å². The molecule has 4 saturated carbocycles. The standard InChI is InChI=1S/C12H20/c1-7(2)11-6-12(9(11)4)8(3)10(11,12)5/h7-9H,6H2,1-5H3.